The molecule has 17 nitrogen and oxygen atoms in total. The van der Waals surface area contributed by atoms with Gasteiger partial charge in [-0.3, -0.25) is 37.3 Å². The number of carbonyl (C=O) groups is 4. The van der Waals surface area contributed by atoms with Gasteiger partial charge in [-0.15, -0.1) is 0 Å². The van der Waals surface area contributed by atoms with Crippen molar-refractivity contribution in [3.8, 4) is 0 Å². The molecule has 0 aliphatic carbocycles. The predicted molar refractivity (Wildman–Crippen MR) is 405 cm³/mol. The van der Waals surface area contributed by atoms with Crippen LogP contribution in [0.3, 0.4) is 0 Å². The Morgan fingerprint density at radius 3 is 0.687 bits per heavy atom. The van der Waals surface area contributed by atoms with Crippen LogP contribution in [0.15, 0.2) is 0 Å². The highest BCUT2D eigenvalue weighted by Gasteiger charge is 2.30. The van der Waals surface area contributed by atoms with Gasteiger partial charge >= 0.3 is 39.5 Å². The van der Waals surface area contributed by atoms with E-state index in [4.69, 9.17) is 37.0 Å². The van der Waals surface area contributed by atoms with Crippen LogP contribution in [-0.2, 0) is 65.4 Å². The normalized spacial score (nSPS) is 13.9. The standard InChI is InChI=1S/C80H156O17P2/c1-6-9-12-15-18-21-24-26-27-28-29-33-36-40-44-49-54-59-64-78(83)91-70-76(97-80(85)66-61-56-51-46-41-37-34-31-30-32-35-38-42-47-52-57-62-73(4)5)72-95-99(88,89)93-68-74(81)67-92-98(86,87)94-71-75(69-90-77(82)63-58-53-48-43-23-20-17-14-11-8-3)96-79(84)65-60-55-50-45-39-25-22-19-16-13-10-7-2/h73-76,81H,6-72H2,1-5H3,(H,86,87)(H,88,89)/t74-,75+,76+/m0/s1. The third-order valence-corrected chi connectivity index (χ3v) is 20.7. The van der Waals surface area contributed by atoms with Gasteiger partial charge in [0.25, 0.3) is 0 Å². The smallest absolute Gasteiger partial charge is 0.462 e. The number of phosphoric ester groups is 2. The van der Waals surface area contributed by atoms with E-state index in [1.807, 2.05) is 0 Å². The lowest BCUT2D eigenvalue weighted by atomic mass is 10.0. The summed E-state index contributed by atoms with van der Waals surface area (Å²) in [5, 5.41) is 10.6. The maximum Gasteiger partial charge on any atom is 0.472 e. The topological polar surface area (TPSA) is 237 Å². The Morgan fingerprint density at radius 1 is 0.273 bits per heavy atom. The molecule has 0 rings (SSSR count). The molecule has 0 spiro atoms. The Morgan fingerprint density at radius 2 is 0.465 bits per heavy atom. The zero-order chi connectivity index (χ0) is 72.7. The highest BCUT2D eigenvalue weighted by Crippen LogP contribution is 2.45. The van der Waals surface area contributed by atoms with Crippen molar-refractivity contribution in [1.29, 1.82) is 0 Å². The molecule has 0 aromatic rings. The van der Waals surface area contributed by atoms with E-state index in [1.54, 1.807) is 0 Å². The third-order valence-electron chi connectivity index (χ3n) is 18.8. The van der Waals surface area contributed by atoms with Crippen molar-refractivity contribution < 1.29 is 80.2 Å². The Labute approximate surface area is 607 Å². The van der Waals surface area contributed by atoms with Gasteiger partial charge in [0.1, 0.15) is 19.3 Å². The van der Waals surface area contributed by atoms with E-state index in [0.29, 0.717) is 25.7 Å². The number of hydrogen-bond donors (Lipinski definition) is 3. The third kappa shape index (κ3) is 74.1. The lowest BCUT2D eigenvalue weighted by Crippen LogP contribution is -2.30. The summed E-state index contributed by atoms with van der Waals surface area (Å²) in [4.78, 5) is 72.9. The van der Waals surface area contributed by atoms with Gasteiger partial charge < -0.3 is 33.8 Å². The number of carbonyl (C=O) groups excluding carboxylic acids is 4. The summed E-state index contributed by atoms with van der Waals surface area (Å²) in [5.41, 5.74) is 0. The van der Waals surface area contributed by atoms with Crippen molar-refractivity contribution in [1.82, 2.24) is 0 Å². The number of phosphoric acid groups is 2. The quantitative estimate of drug-likeness (QED) is 0.0222. The van der Waals surface area contributed by atoms with E-state index >= 15 is 0 Å². The Bertz CT molecular complexity index is 1890. The van der Waals surface area contributed by atoms with Crippen molar-refractivity contribution in [3.63, 3.8) is 0 Å². The number of hydrogen-bond acceptors (Lipinski definition) is 15. The van der Waals surface area contributed by atoms with E-state index < -0.39 is 97.5 Å². The first-order valence-electron chi connectivity index (χ1n) is 41.6. The summed E-state index contributed by atoms with van der Waals surface area (Å²) in [6, 6.07) is 0. The van der Waals surface area contributed by atoms with E-state index in [0.717, 1.165) is 95.8 Å². The van der Waals surface area contributed by atoms with Crippen molar-refractivity contribution in [3.05, 3.63) is 0 Å². The van der Waals surface area contributed by atoms with Crippen LogP contribution in [0.4, 0.5) is 0 Å². The van der Waals surface area contributed by atoms with Gasteiger partial charge in [0.05, 0.1) is 26.4 Å². The molecule has 99 heavy (non-hydrogen) atoms. The fraction of sp³-hybridized carbons (Fsp3) is 0.950. The van der Waals surface area contributed by atoms with Gasteiger partial charge in [0.15, 0.2) is 12.2 Å². The molecule has 0 radical (unpaired) electrons. The first-order chi connectivity index (χ1) is 48.0. The van der Waals surface area contributed by atoms with Crippen LogP contribution in [0.5, 0.6) is 0 Å². The molecule has 588 valence electrons. The molecule has 0 aromatic carbocycles. The fourth-order valence-corrected chi connectivity index (χ4v) is 14.0. The SMILES string of the molecule is CCCCCCCCCCCCCCCCCCCCC(=O)OC[C@H](COP(=O)(O)OC[C@@H](O)COP(=O)(O)OC[C@@H](COC(=O)CCCCCCCCCCCC)OC(=O)CCCCCCCCCCCCCC)OC(=O)CCCCCCCCCCCCCCCCCCC(C)C. The first kappa shape index (κ1) is 97.1. The summed E-state index contributed by atoms with van der Waals surface area (Å²) >= 11 is 0. The van der Waals surface area contributed by atoms with Crippen LogP contribution in [-0.4, -0.2) is 96.7 Å². The molecule has 0 amide bonds. The molecule has 0 aromatic heterocycles. The number of aliphatic hydroxyl groups is 1. The number of aliphatic hydroxyl groups excluding tert-OH is 1. The highest BCUT2D eigenvalue weighted by molar-refractivity contribution is 7.47. The van der Waals surface area contributed by atoms with E-state index in [-0.39, 0.29) is 25.7 Å². The lowest BCUT2D eigenvalue weighted by Gasteiger charge is -2.21. The summed E-state index contributed by atoms with van der Waals surface area (Å²) in [5.74, 6) is -1.30. The van der Waals surface area contributed by atoms with Crippen LogP contribution >= 0.6 is 15.6 Å². The largest absolute Gasteiger partial charge is 0.472 e. The van der Waals surface area contributed by atoms with Crippen molar-refractivity contribution in [2.24, 2.45) is 5.92 Å². The summed E-state index contributed by atoms with van der Waals surface area (Å²) in [6.45, 7) is 7.35. The average Bonchev–Trinajstić information content (AvgIpc) is 1.24. The molecular weight excluding hydrogens is 1290 g/mol. The second-order valence-corrected chi connectivity index (χ2v) is 32.2. The molecule has 0 saturated heterocycles. The van der Waals surface area contributed by atoms with Gasteiger partial charge in [-0.25, -0.2) is 9.13 Å². The minimum atomic E-state index is -4.96. The molecular formula is C80H156O17P2. The van der Waals surface area contributed by atoms with E-state index in [9.17, 15) is 43.2 Å². The molecule has 5 atom stereocenters. The predicted octanol–water partition coefficient (Wildman–Crippen LogP) is 24.0. The van der Waals surface area contributed by atoms with Gasteiger partial charge in [-0.1, -0.05) is 375 Å². The molecule has 0 aliphatic heterocycles. The van der Waals surface area contributed by atoms with E-state index in [2.05, 4.69) is 34.6 Å². The fourth-order valence-electron chi connectivity index (χ4n) is 12.4. The molecule has 0 saturated carbocycles. The lowest BCUT2D eigenvalue weighted by molar-refractivity contribution is -0.161. The Hall–Kier alpha value is -1.94. The molecule has 0 fully saturated rings. The monoisotopic (exact) mass is 1450 g/mol. The van der Waals surface area contributed by atoms with Crippen LogP contribution in [0, 0.1) is 5.92 Å². The molecule has 3 N–H and O–H groups in total. The van der Waals surface area contributed by atoms with Crippen LogP contribution in [0.1, 0.15) is 426 Å². The van der Waals surface area contributed by atoms with Crippen molar-refractivity contribution in [2.45, 2.75) is 445 Å². The molecule has 0 heterocycles. The zero-order valence-electron chi connectivity index (χ0n) is 64.6. The van der Waals surface area contributed by atoms with Crippen molar-refractivity contribution in [2.75, 3.05) is 39.6 Å². The summed E-state index contributed by atoms with van der Waals surface area (Å²) in [7, 11) is -9.91. The Kier molecular flexibility index (Phi) is 71.6. The molecule has 2 unspecified atom stereocenters. The van der Waals surface area contributed by atoms with Gasteiger partial charge in [0.2, 0.25) is 0 Å². The molecule has 0 aliphatic rings. The minimum Gasteiger partial charge on any atom is -0.462 e. The van der Waals surface area contributed by atoms with Crippen LogP contribution in [0.2, 0.25) is 0 Å². The first-order valence-corrected chi connectivity index (χ1v) is 44.6. The summed E-state index contributed by atoms with van der Waals surface area (Å²) in [6.07, 6.45) is 63.8. The molecule has 19 heteroatoms. The second kappa shape index (κ2) is 73.0. The zero-order valence-corrected chi connectivity index (χ0v) is 66.4. The molecule has 0 bridgehead atoms. The highest BCUT2D eigenvalue weighted by atomic mass is 31.2. The summed E-state index contributed by atoms with van der Waals surface area (Å²) < 4.78 is 68.7. The number of rotatable bonds is 80. The van der Waals surface area contributed by atoms with Crippen LogP contribution < -0.4 is 0 Å². The second-order valence-electron chi connectivity index (χ2n) is 29.3. The number of ether oxygens (including phenoxy) is 4. The van der Waals surface area contributed by atoms with Gasteiger partial charge in [0, 0.05) is 25.7 Å². The van der Waals surface area contributed by atoms with Gasteiger partial charge in [-0.2, -0.15) is 0 Å². The van der Waals surface area contributed by atoms with Crippen LogP contribution in [0.25, 0.3) is 0 Å². The maximum absolute atomic E-state index is 13.1. The average molecular weight is 1450 g/mol. The maximum atomic E-state index is 13.1. The van der Waals surface area contributed by atoms with E-state index in [1.165, 1.54) is 250 Å². The Balaban J connectivity index is 5.22. The number of esters is 4. The minimum absolute atomic E-state index is 0.108. The number of unbranched alkanes of at least 4 members (excludes halogenated alkanes) is 52. The van der Waals surface area contributed by atoms with Gasteiger partial charge in [-0.05, 0) is 31.6 Å². The van der Waals surface area contributed by atoms with Crippen molar-refractivity contribution >= 4 is 39.5 Å².